The van der Waals surface area contributed by atoms with Crippen molar-refractivity contribution in [1.29, 1.82) is 0 Å². The van der Waals surface area contributed by atoms with Crippen molar-refractivity contribution in [3.63, 3.8) is 0 Å². The highest BCUT2D eigenvalue weighted by Crippen LogP contribution is 2.28. The van der Waals surface area contributed by atoms with Crippen LogP contribution in [0, 0.1) is 10.1 Å². The van der Waals surface area contributed by atoms with E-state index in [1.807, 2.05) is 6.07 Å². The van der Waals surface area contributed by atoms with Crippen LogP contribution in [0.4, 0.5) is 11.4 Å². The zero-order chi connectivity index (χ0) is 20.9. The maximum atomic E-state index is 11.5. The van der Waals surface area contributed by atoms with E-state index in [1.54, 1.807) is 6.07 Å². The molecule has 4 rings (SSSR count). The zero-order valence-corrected chi connectivity index (χ0v) is 16.8. The topological polar surface area (TPSA) is 79.8 Å². The van der Waals surface area contributed by atoms with Crippen LogP contribution in [0.1, 0.15) is 18.4 Å². The molecule has 1 aliphatic rings. The summed E-state index contributed by atoms with van der Waals surface area (Å²) in [6.45, 7) is 5.05. The second kappa shape index (κ2) is 9.09. The third-order valence-electron chi connectivity index (χ3n) is 5.73. The maximum absolute atomic E-state index is 11.5. The van der Waals surface area contributed by atoms with E-state index >= 15 is 0 Å². The second-order valence-electron chi connectivity index (χ2n) is 7.61. The van der Waals surface area contributed by atoms with E-state index in [2.05, 4.69) is 34.1 Å². The van der Waals surface area contributed by atoms with Crippen LogP contribution in [-0.2, 0) is 6.42 Å². The molecule has 0 spiro atoms. The molecule has 2 aromatic carbocycles. The third-order valence-corrected chi connectivity index (χ3v) is 5.73. The van der Waals surface area contributed by atoms with Crippen LogP contribution in [0.15, 0.2) is 63.8 Å². The van der Waals surface area contributed by atoms with Crippen LogP contribution < -0.4 is 10.5 Å². The van der Waals surface area contributed by atoms with Crippen molar-refractivity contribution in [3.8, 4) is 0 Å². The molecule has 7 nitrogen and oxygen atoms in total. The van der Waals surface area contributed by atoms with Gasteiger partial charge >= 0.3 is 5.63 Å². The molecular weight excluding hydrogens is 382 g/mol. The number of nitro benzene ring substituents is 1. The number of fused-ring (bicyclic) bond motifs is 1. The summed E-state index contributed by atoms with van der Waals surface area (Å²) in [6, 6.07) is 16.4. The fourth-order valence-electron chi connectivity index (χ4n) is 4.14. The monoisotopic (exact) mass is 407 g/mol. The molecule has 1 saturated heterocycles. The van der Waals surface area contributed by atoms with Crippen LogP contribution in [0.25, 0.3) is 11.0 Å². The molecule has 0 aliphatic carbocycles. The van der Waals surface area contributed by atoms with E-state index < -0.39 is 5.63 Å². The summed E-state index contributed by atoms with van der Waals surface area (Å²) in [4.78, 5) is 27.4. The van der Waals surface area contributed by atoms with Crippen LogP contribution in [-0.4, -0.2) is 42.5 Å². The average molecular weight is 407 g/mol. The SMILES string of the molecule is O=c1ccc2c(CCCCN3CCN(c4ccccc4)CC3)c([N+](=O)[O-])ccc2o1. The minimum atomic E-state index is -0.447. The van der Waals surface area contributed by atoms with Crippen LogP contribution >= 0.6 is 0 Å². The number of rotatable bonds is 7. The summed E-state index contributed by atoms with van der Waals surface area (Å²) < 4.78 is 5.19. The molecule has 7 heteroatoms. The molecule has 30 heavy (non-hydrogen) atoms. The summed E-state index contributed by atoms with van der Waals surface area (Å²) in [5, 5.41) is 12.1. The Balaban J connectivity index is 1.33. The van der Waals surface area contributed by atoms with Gasteiger partial charge in [-0.2, -0.15) is 0 Å². The average Bonchev–Trinajstić information content (AvgIpc) is 2.77. The number of nitrogens with zero attached hydrogens (tertiary/aromatic N) is 3. The molecule has 0 bridgehead atoms. The molecule has 0 saturated carbocycles. The smallest absolute Gasteiger partial charge is 0.336 e. The molecule has 3 aromatic rings. The number of unbranched alkanes of at least 4 members (excludes halogenated alkanes) is 1. The Hall–Kier alpha value is -3.19. The van der Waals surface area contributed by atoms with Crippen molar-refractivity contribution >= 4 is 22.3 Å². The Morgan fingerprint density at radius 2 is 1.70 bits per heavy atom. The number of para-hydroxylation sites is 1. The van der Waals surface area contributed by atoms with Crippen molar-refractivity contribution in [3.05, 3.63) is 80.7 Å². The highest BCUT2D eigenvalue weighted by Gasteiger charge is 2.19. The fourth-order valence-corrected chi connectivity index (χ4v) is 4.14. The molecule has 2 heterocycles. The minimum absolute atomic E-state index is 0.0906. The predicted molar refractivity (Wildman–Crippen MR) is 117 cm³/mol. The Labute approximate surface area is 174 Å². The predicted octanol–water partition coefficient (Wildman–Crippen LogP) is 3.85. The van der Waals surface area contributed by atoms with E-state index in [0.29, 0.717) is 23.0 Å². The number of aryl methyl sites for hydroxylation is 1. The molecule has 0 N–H and O–H groups in total. The van der Waals surface area contributed by atoms with Gasteiger partial charge in [0.1, 0.15) is 5.58 Å². The molecule has 0 atom stereocenters. The van der Waals surface area contributed by atoms with Gasteiger partial charge in [0.25, 0.3) is 5.69 Å². The molecular formula is C23H25N3O4. The standard InChI is InChI=1S/C23H25N3O4/c27-23-12-9-20-19(21(26(28)29)10-11-22(20)30-23)8-4-5-13-24-14-16-25(17-15-24)18-6-2-1-3-7-18/h1-3,6-7,9-12H,4-5,8,13-17H2. The van der Waals surface area contributed by atoms with Gasteiger partial charge in [-0.15, -0.1) is 0 Å². The fraction of sp³-hybridized carbons (Fsp3) is 0.348. The summed E-state index contributed by atoms with van der Waals surface area (Å²) in [7, 11) is 0. The lowest BCUT2D eigenvalue weighted by Crippen LogP contribution is -2.46. The maximum Gasteiger partial charge on any atom is 0.336 e. The van der Waals surface area contributed by atoms with Crippen molar-refractivity contribution in [2.24, 2.45) is 0 Å². The van der Waals surface area contributed by atoms with E-state index in [4.69, 9.17) is 4.42 Å². The van der Waals surface area contributed by atoms with Crippen molar-refractivity contribution < 1.29 is 9.34 Å². The van der Waals surface area contributed by atoms with Gasteiger partial charge in [0.15, 0.2) is 0 Å². The van der Waals surface area contributed by atoms with Gasteiger partial charge in [0.05, 0.1) is 4.92 Å². The molecule has 0 radical (unpaired) electrons. The lowest BCUT2D eigenvalue weighted by molar-refractivity contribution is -0.385. The van der Waals surface area contributed by atoms with E-state index in [0.717, 1.165) is 45.6 Å². The second-order valence-corrected chi connectivity index (χ2v) is 7.61. The number of piperazine rings is 1. The van der Waals surface area contributed by atoms with E-state index in [1.165, 1.54) is 23.9 Å². The van der Waals surface area contributed by atoms with Gasteiger partial charge in [0.2, 0.25) is 0 Å². The van der Waals surface area contributed by atoms with Gasteiger partial charge in [-0.3, -0.25) is 15.0 Å². The minimum Gasteiger partial charge on any atom is -0.423 e. The quantitative estimate of drug-likeness (QED) is 0.256. The van der Waals surface area contributed by atoms with Crippen molar-refractivity contribution in [2.75, 3.05) is 37.6 Å². The van der Waals surface area contributed by atoms with Gasteiger partial charge in [-0.05, 0) is 50.1 Å². The first kappa shape index (κ1) is 20.1. The molecule has 0 unspecified atom stereocenters. The largest absolute Gasteiger partial charge is 0.423 e. The van der Waals surface area contributed by atoms with E-state index in [9.17, 15) is 14.9 Å². The molecule has 0 amide bonds. The van der Waals surface area contributed by atoms with Gasteiger partial charge in [-0.1, -0.05) is 18.2 Å². The van der Waals surface area contributed by atoms with Crippen molar-refractivity contribution in [1.82, 2.24) is 4.90 Å². The van der Waals surface area contributed by atoms with Gasteiger partial charge in [-0.25, -0.2) is 4.79 Å². The molecule has 1 aromatic heterocycles. The number of nitro groups is 1. The Kier molecular flexibility index (Phi) is 6.09. The zero-order valence-electron chi connectivity index (χ0n) is 16.8. The van der Waals surface area contributed by atoms with Gasteiger partial charge < -0.3 is 9.32 Å². The summed E-state index contributed by atoms with van der Waals surface area (Å²) in [5.74, 6) is 0. The normalized spacial score (nSPS) is 14.9. The number of hydrogen-bond acceptors (Lipinski definition) is 6. The third kappa shape index (κ3) is 4.52. The van der Waals surface area contributed by atoms with Crippen LogP contribution in [0.3, 0.4) is 0 Å². The molecule has 156 valence electrons. The van der Waals surface area contributed by atoms with Crippen molar-refractivity contribution in [2.45, 2.75) is 19.3 Å². The first-order chi connectivity index (χ1) is 14.6. The first-order valence-corrected chi connectivity index (χ1v) is 10.3. The Bertz CT molecular complexity index is 1070. The molecule has 1 aliphatic heterocycles. The summed E-state index contributed by atoms with van der Waals surface area (Å²) in [5.41, 5.74) is 1.96. The highest BCUT2D eigenvalue weighted by molar-refractivity contribution is 5.84. The van der Waals surface area contributed by atoms with E-state index in [-0.39, 0.29) is 10.6 Å². The summed E-state index contributed by atoms with van der Waals surface area (Å²) in [6.07, 6.45) is 2.40. The Morgan fingerprint density at radius 3 is 2.43 bits per heavy atom. The lowest BCUT2D eigenvalue weighted by Gasteiger charge is -2.36. The molecule has 1 fully saturated rings. The van der Waals surface area contributed by atoms with Crippen LogP contribution in [0.5, 0.6) is 0 Å². The lowest BCUT2D eigenvalue weighted by atomic mass is 10.0. The number of anilines is 1. The number of hydrogen-bond donors (Lipinski definition) is 0. The van der Waals surface area contributed by atoms with Crippen LogP contribution in [0.2, 0.25) is 0 Å². The Morgan fingerprint density at radius 1 is 0.933 bits per heavy atom. The first-order valence-electron chi connectivity index (χ1n) is 10.3. The highest BCUT2D eigenvalue weighted by atomic mass is 16.6. The summed E-state index contributed by atoms with van der Waals surface area (Å²) >= 11 is 0. The number of benzene rings is 2. The van der Waals surface area contributed by atoms with Gasteiger partial charge in [0, 0.05) is 54.9 Å².